The number of nitrogens with one attached hydrogen (secondary N) is 2. The van der Waals surface area contributed by atoms with Crippen molar-refractivity contribution in [1.82, 2.24) is 15.1 Å². The van der Waals surface area contributed by atoms with Gasteiger partial charge in [-0.15, -0.1) is 0 Å². The van der Waals surface area contributed by atoms with E-state index in [-0.39, 0.29) is 6.03 Å². The fourth-order valence-corrected chi connectivity index (χ4v) is 2.32. The highest BCUT2D eigenvalue weighted by atomic mass is 16.2. The summed E-state index contributed by atoms with van der Waals surface area (Å²) in [5, 5.41) is 5.70. The molecule has 1 aliphatic rings. The van der Waals surface area contributed by atoms with E-state index in [1.807, 2.05) is 12.1 Å². The molecule has 1 saturated heterocycles. The van der Waals surface area contributed by atoms with Crippen LogP contribution in [0.2, 0.25) is 0 Å². The number of hydrogen-bond acceptors (Lipinski definition) is 4. The maximum absolute atomic E-state index is 11.9. The van der Waals surface area contributed by atoms with Crippen LogP contribution in [-0.4, -0.2) is 62.1 Å². The van der Waals surface area contributed by atoms with Crippen molar-refractivity contribution in [2.24, 2.45) is 0 Å². The number of hydrogen-bond donors (Lipinski definition) is 3. The highest BCUT2D eigenvalue weighted by Crippen LogP contribution is 2.11. The van der Waals surface area contributed by atoms with Crippen LogP contribution in [0.5, 0.6) is 0 Å². The first-order chi connectivity index (χ1) is 9.54. The Morgan fingerprint density at radius 2 is 2.20 bits per heavy atom. The summed E-state index contributed by atoms with van der Waals surface area (Å²) in [6.07, 6.45) is 0. The smallest absolute Gasteiger partial charge is 0.319 e. The summed E-state index contributed by atoms with van der Waals surface area (Å²) in [6.45, 7) is 3.70. The molecule has 1 fully saturated rings. The lowest BCUT2D eigenvalue weighted by Gasteiger charge is -2.37. The third-order valence-corrected chi connectivity index (χ3v) is 3.62. The van der Waals surface area contributed by atoms with Crippen LogP contribution in [0, 0.1) is 0 Å². The van der Waals surface area contributed by atoms with Crippen LogP contribution in [0.4, 0.5) is 16.2 Å². The lowest BCUT2D eigenvalue weighted by atomic mass is 10.2. The number of benzene rings is 1. The van der Waals surface area contributed by atoms with Gasteiger partial charge in [-0.2, -0.15) is 0 Å². The minimum Gasteiger partial charge on any atom is -0.399 e. The predicted octanol–water partition coefficient (Wildman–Crippen LogP) is 0.636. The number of nitrogens with zero attached hydrogens (tertiary/aromatic N) is 2. The van der Waals surface area contributed by atoms with Crippen molar-refractivity contribution in [2.75, 3.05) is 51.3 Å². The summed E-state index contributed by atoms with van der Waals surface area (Å²) in [5.74, 6) is 0. The van der Waals surface area contributed by atoms with Crippen LogP contribution >= 0.6 is 0 Å². The molecular weight excluding hydrogens is 254 g/mol. The highest BCUT2D eigenvalue weighted by molar-refractivity contribution is 5.89. The lowest BCUT2D eigenvalue weighted by molar-refractivity contribution is 0.115. The van der Waals surface area contributed by atoms with Crippen LogP contribution in [0.25, 0.3) is 0 Å². The number of rotatable bonds is 3. The molecule has 2 rings (SSSR count). The van der Waals surface area contributed by atoms with Crippen LogP contribution in [-0.2, 0) is 0 Å². The summed E-state index contributed by atoms with van der Waals surface area (Å²) >= 11 is 0. The standard InChI is InChI=1S/C14H23N5O/c1-18-6-7-19(2)13(10-18)9-16-14(20)17-12-5-3-4-11(15)8-12/h3-5,8,13H,6-7,9-10,15H2,1-2H3,(H2,16,17,20). The van der Waals surface area contributed by atoms with Gasteiger partial charge in [-0.1, -0.05) is 6.07 Å². The largest absolute Gasteiger partial charge is 0.399 e. The molecule has 0 radical (unpaired) electrons. The maximum atomic E-state index is 11.9. The van der Waals surface area contributed by atoms with Gasteiger partial charge in [0.25, 0.3) is 0 Å². The number of nitrogens with two attached hydrogens (primary N) is 1. The minimum atomic E-state index is -0.197. The molecule has 0 bridgehead atoms. The van der Waals surface area contributed by atoms with Crippen molar-refractivity contribution in [1.29, 1.82) is 0 Å². The molecule has 1 unspecified atom stereocenters. The fraction of sp³-hybridized carbons (Fsp3) is 0.500. The number of urea groups is 1. The van der Waals surface area contributed by atoms with E-state index in [4.69, 9.17) is 5.73 Å². The number of piperazine rings is 1. The van der Waals surface area contributed by atoms with Gasteiger partial charge in [0.1, 0.15) is 0 Å². The average Bonchev–Trinajstić information content (AvgIpc) is 2.40. The molecule has 1 atom stereocenters. The molecule has 1 aromatic rings. The Bertz CT molecular complexity index is 465. The van der Waals surface area contributed by atoms with Gasteiger partial charge in [0.15, 0.2) is 0 Å². The second-order valence-electron chi connectivity index (χ2n) is 5.36. The Hall–Kier alpha value is -1.79. The monoisotopic (exact) mass is 277 g/mol. The molecule has 20 heavy (non-hydrogen) atoms. The Labute approximate surface area is 119 Å². The fourth-order valence-electron chi connectivity index (χ4n) is 2.32. The third-order valence-electron chi connectivity index (χ3n) is 3.62. The van der Waals surface area contributed by atoms with E-state index >= 15 is 0 Å². The number of carbonyl (C=O) groups excluding carboxylic acids is 1. The van der Waals surface area contributed by atoms with Gasteiger partial charge in [0, 0.05) is 43.6 Å². The number of anilines is 2. The molecule has 1 aliphatic heterocycles. The van der Waals surface area contributed by atoms with Gasteiger partial charge < -0.3 is 21.3 Å². The summed E-state index contributed by atoms with van der Waals surface area (Å²) in [4.78, 5) is 16.4. The number of likely N-dealkylation sites (N-methyl/N-ethyl adjacent to an activating group) is 2. The molecule has 4 N–H and O–H groups in total. The normalized spacial score (nSPS) is 20.6. The Morgan fingerprint density at radius 1 is 1.40 bits per heavy atom. The Balaban J connectivity index is 1.80. The van der Waals surface area contributed by atoms with Crippen LogP contribution < -0.4 is 16.4 Å². The maximum Gasteiger partial charge on any atom is 0.319 e. The number of nitrogen functional groups attached to an aromatic ring is 1. The predicted molar refractivity (Wildman–Crippen MR) is 81.8 cm³/mol. The van der Waals surface area contributed by atoms with E-state index in [9.17, 15) is 4.79 Å². The van der Waals surface area contributed by atoms with E-state index in [1.165, 1.54) is 0 Å². The number of carbonyl (C=O) groups is 1. The van der Waals surface area contributed by atoms with Crippen molar-refractivity contribution < 1.29 is 4.79 Å². The van der Waals surface area contributed by atoms with Crippen LogP contribution in [0.15, 0.2) is 24.3 Å². The zero-order valence-corrected chi connectivity index (χ0v) is 12.1. The summed E-state index contributed by atoms with van der Waals surface area (Å²) < 4.78 is 0. The lowest BCUT2D eigenvalue weighted by Crippen LogP contribution is -2.54. The quantitative estimate of drug-likeness (QED) is 0.709. The van der Waals surface area contributed by atoms with Gasteiger partial charge >= 0.3 is 6.03 Å². The zero-order valence-electron chi connectivity index (χ0n) is 12.1. The Kier molecular flexibility index (Phi) is 4.81. The first-order valence-corrected chi connectivity index (χ1v) is 6.84. The van der Waals surface area contributed by atoms with Crippen molar-refractivity contribution >= 4 is 17.4 Å². The summed E-state index contributed by atoms with van der Waals surface area (Å²) in [6, 6.07) is 7.30. The third kappa shape index (κ3) is 4.11. The van der Waals surface area contributed by atoms with Crippen molar-refractivity contribution in [3.05, 3.63) is 24.3 Å². The van der Waals surface area contributed by atoms with Gasteiger partial charge in [-0.3, -0.25) is 4.90 Å². The van der Waals surface area contributed by atoms with Gasteiger partial charge in [0.05, 0.1) is 0 Å². The summed E-state index contributed by atoms with van der Waals surface area (Å²) in [7, 11) is 4.20. The van der Waals surface area contributed by atoms with Crippen LogP contribution in [0.3, 0.4) is 0 Å². The molecule has 0 aliphatic carbocycles. The van der Waals surface area contributed by atoms with E-state index in [1.54, 1.807) is 12.1 Å². The molecule has 1 heterocycles. The van der Waals surface area contributed by atoms with Gasteiger partial charge in [-0.05, 0) is 32.3 Å². The summed E-state index contributed by atoms with van der Waals surface area (Å²) in [5.41, 5.74) is 7.02. The van der Waals surface area contributed by atoms with E-state index in [2.05, 4.69) is 34.5 Å². The molecule has 6 nitrogen and oxygen atoms in total. The Morgan fingerprint density at radius 3 is 2.95 bits per heavy atom. The molecule has 6 heteroatoms. The second kappa shape index (κ2) is 6.58. The van der Waals surface area contributed by atoms with Crippen LogP contribution in [0.1, 0.15) is 0 Å². The van der Waals surface area contributed by atoms with Gasteiger partial charge in [-0.25, -0.2) is 4.79 Å². The molecule has 110 valence electrons. The molecule has 0 aromatic heterocycles. The average molecular weight is 277 g/mol. The zero-order chi connectivity index (χ0) is 14.5. The molecule has 1 aromatic carbocycles. The second-order valence-corrected chi connectivity index (χ2v) is 5.36. The van der Waals surface area contributed by atoms with E-state index < -0.39 is 0 Å². The van der Waals surface area contributed by atoms with E-state index in [0.29, 0.717) is 24.0 Å². The minimum absolute atomic E-state index is 0.197. The molecule has 0 saturated carbocycles. The SMILES string of the molecule is CN1CCN(C)C(CNC(=O)Nc2cccc(N)c2)C1. The molecule has 2 amide bonds. The van der Waals surface area contributed by atoms with Crippen molar-refractivity contribution in [3.8, 4) is 0 Å². The van der Waals surface area contributed by atoms with Crippen molar-refractivity contribution in [3.63, 3.8) is 0 Å². The molecular formula is C14H23N5O. The first kappa shape index (κ1) is 14.6. The topological polar surface area (TPSA) is 73.6 Å². The number of amides is 2. The first-order valence-electron chi connectivity index (χ1n) is 6.84. The highest BCUT2D eigenvalue weighted by Gasteiger charge is 2.22. The van der Waals surface area contributed by atoms with Gasteiger partial charge in [0.2, 0.25) is 0 Å². The van der Waals surface area contributed by atoms with E-state index in [0.717, 1.165) is 19.6 Å². The molecule has 0 spiro atoms. The van der Waals surface area contributed by atoms with Crippen molar-refractivity contribution in [2.45, 2.75) is 6.04 Å².